The molecule has 6 nitrogen and oxygen atoms in total. The molecule has 0 saturated carbocycles. The molecule has 0 aliphatic rings. The third-order valence-electron chi connectivity index (χ3n) is 3.18. The molecular formula is C17H15N3O3S. The van der Waals surface area contributed by atoms with E-state index in [2.05, 4.69) is 10.3 Å². The van der Waals surface area contributed by atoms with Crippen molar-refractivity contribution >= 4 is 28.1 Å². The summed E-state index contributed by atoms with van der Waals surface area (Å²) in [4.78, 5) is 16.5. The SMILES string of the molecule is Nc1ccc(Oc2ccccc2)cc1C(=O)Nc1nc(CO)cs1. The number of aromatic nitrogens is 1. The Hall–Kier alpha value is -2.90. The first kappa shape index (κ1) is 16.0. The number of amides is 1. The van der Waals surface area contributed by atoms with Crippen molar-refractivity contribution in [2.45, 2.75) is 6.61 Å². The van der Waals surface area contributed by atoms with Crippen LogP contribution in [-0.4, -0.2) is 16.0 Å². The fraction of sp³-hybridized carbons (Fsp3) is 0.0588. The summed E-state index contributed by atoms with van der Waals surface area (Å²) in [5, 5.41) is 13.8. The van der Waals surface area contributed by atoms with E-state index in [0.717, 1.165) is 0 Å². The highest BCUT2D eigenvalue weighted by molar-refractivity contribution is 7.13. The first-order chi connectivity index (χ1) is 11.7. The van der Waals surface area contributed by atoms with Crippen LogP contribution in [0.3, 0.4) is 0 Å². The number of para-hydroxylation sites is 1. The van der Waals surface area contributed by atoms with Crippen LogP contribution in [0.1, 0.15) is 16.1 Å². The summed E-state index contributed by atoms with van der Waals surface area (Å²) in [5.41, 5.74) is 7.03. The van der Waals surface area contributed by atoms with Crippen molar-refractivity contribution in [3.8, 4) is 11.5 Å². The van der Waals surface area contributed by atoms with E-state index in [-0.39, 0.29) is 12.5 Å². The third kappa shape index (κ3) is 3.70. The highest BCUT2D eigenvalue weighted by Gasteiger charge is 2.13. The fourth-order valence-corrected chi connectivity index (χ4v) is 2.72. The molecule has 7 heteroatoms. The molecule has 0 saturated heterocycles. The zero-order valence-electron chi connectivity index (χ0n) is 12.6. The van der Waals surface area contributed by atoms with E-state index >= 15 is 0 Å². The minimum Gasteiger partial charge on any atom is -0.457 e. The third-order valence-corrected chi connectivity index (χ3v) is 3.99. The quantitative estimate of drug-likeness (QED) is 0.619. The Morgan fingerprint density at radius 3 is 2.71 bits per heavy atom. The van der Waals surface area contributed by atoms with Crippen LogP contribution >= 0.6 is 11.3 Å². The fourth-order valence-electron chi connectivity index (χ4n) is 2.02. The molecule has 0 radical (unpaired) electrons. The van der Waals surface area contributed by atoms with Gasteiger partial charge in [-0.25, -0.2) is 4.98 Å². The molecule has 0 aliphatic heterocycles. The second-order valence-electron chi connectivity index (χ2n) is 4.92. The second kappa shape index (κ2) is 7.12. The average molecular weight is 341 g/mol. The zero-order valence-corrected chi connectivity index (χ0v) is 13.4. The number of thiazole rings is 1. The van der Waals surface area contributed by atoms with Gasteiger partial charge in [0.05, 0.1) is 17.9 Å². The van der Waals surface area contributed by atoms with Crippen LogP contribution in [0, 0.1) is 0 Å². The zero-order chi connectivity index (χ0) is 16.9. The number of hydrogen-bond donors (Lipinski definition) is 3. The largest absolute Gasteiger partial charge is 0.457 e. The molecule has 1 amide bonds. The first-order valence-corrected chi connectivity index (χ1v) is 8.02. The van der Waals surface area contributed by atoms with Gasteiger partial charge in [0.2, 0.25) is 0 Å². The summed E-state index contributed by atoms with van der Waals surface area (Å²) in [7, 11) is 0. The number of nitrogens with zero attached hydrogens (tertiary/aromatic N) is 1. The number of hydrogen-bond acceptors (Lipinski definition) is 6. The lowest BCUT2D eigenvalue weighted by Crippen LogP contribution is -2.14. The Bertz CT molecular complexity index is 849. The molecule has 1 aromatic heterocycles. The number of anilines is 2. The number of nitrogen functional groups attached to an aromatic ring is 1. The van der Waals surface area contributed by atoms with E-state index in [1.165, 1.54) is 11.3 Å². The molecule has 3 aromatic rings. The average Bonchev–Trinajstić information content (AvgIpc) is 3.05. The smallest absolute Gasteiger partial charge is 0.259 e. The highest BCUT2D eigenvalue weighted by atomic mass is 32.1. The number of benzene rings is 2. The van der Waals surface area contributed by atoms with Crippen LogP contribution in [0.4, 0.5) is 10.8 Å². The number of aliphatic hydroxyl groups is 1. The van der Waals surface area contributed by atoms with Crippen LogP contribution in [0.15, 0.2) is 53.9 Å². The minimum absolute atomic E-state index is 0.172. The number of carbonyl (C=O) groups excluding carboxylic acids is 1. The van der Waals surface area contributed by atoms with Gasteiger partial charge in [-0.05, 0) is 30.3 Å². The molecule has 122 valence electrons. The Balaban J connectivity index is 1.79. The Labute approximate surface area is 142 Å². The van der Waals surface area contributed by atoms with E-state index in [1.54, 1.807) is 23.6 Å². The maximum Gasteiger partial charge on any atom is 0.259 e. The molecule has 0 atom stereocenters. The van der Waals surface area contributed by atoms with Crippen molar-refractivity contribution in [3.63, 3.8) is 0 Å². The van der Waals surface area contributed by atoms with Crippen molar-refractivity contribution < 1.29 is 14.6 Å². The number of rotatable bonds is 5. The van der Waals surface area contributed by atoms with E-state index in [0.29, 0.717) is 33.6 Å². The summed E-state index contributed by atoms with van der Waals surface area (Å²) < 4.78 is 5.71. The van der Waals surface area contributed by atoms with E-state index in [9.17, 15) is 4.79 Å². The van der Waals surface area contributed by atoms with Gasteiger partial charge >= 0.3 is 0 Å². The summed E-state index contributed by atoms with van der Waals surface area (Å²) in [6.45, 7) is -0.172. The Morgan fingerprint density at radius 2 is 2.00 bits per heavy atom. The van der Waals surface area contributed by atoms with Gasteiger partial charge in [0.15, 0.2) is 5.13 Å². The highest BCUT2D eigenvalue weighted by Crippen LogP contribution is 2.26. The summed E-state index contributed by atoms with van der Waals surface area (Å²) >= 11 is 1.23. The number of nitrogens with one attached hydrogen (secondary N) is 1. The molecule has 4 N–H and O–H groups in total. The molecule has 0 spiro atoms. The number of ether oxygens (including phenoxy) is 1. The van der Waals surface area contributed by atoms with Gasteiger partial charge < -0.3 is 15.6 Å². The monoisotopic (exact) mass is 341 g/mol. The molecule has 2 aromatic carbocycles. The first-order valence-electron chi connectivity index (χ1n) is 7.15. The van der Waals surface area contributed by atoms with Crippen molar-refractivity contribution in [2.75, 3.05) is 11.1 Å². The number of nitrogens with two attached hydrogens (primary N) is 1. The Morgan fingerprint density at radius 1 is 1.21 bits per heavy atom. The predicted octanol–water partition coefficient (Wildman–Crippen LogP) is 3.26. The van der Waals surface area contributed by atoms with Gasteiger partial charge in [0.25, 0.3) is 5.91 Å². The molecule has 0 bridgehead atoms. The van der Waals surface area contributed by atoms with Crippen LogP contribution < -0.4 is 15.8 Å². The van der Waals surface area contributed by atoms with Gasteiger partial charge in [-0.2, -0.15) is 0 Å². The summed E-state index contributed by atoms with van der Waals surface area (Å²) in [6, 6.07) is 14.2. The van der Waals surface area contributed by atoms with Gasteiger partial charge in [-0.1, -0.05) is 18.2 Å². The number of aliphatic hydroxyl groups excluding tert-OH is 1. The normalized spacial score (nSPS) is 10.4. The van der Waals surface area contributed by atoms with Crippen LogP contribution in [0.5, 0.6) is 11.5 Å². The van der Waals surface area contributed by atoms with Crippen LogP contribution in [0.25, 0.3) is 0 Å². The topological polar surface area (TPSA) is 97.5 Å². The lowest BCUT2D eigenvalue weighted by molar-refractivity contribution is 0.102. The van der Waals surface area contributed by atoms with Crippen molar-refractivity contribution in [3.05, 3.63) is 65.2 Å². The lowest BCUT2D eigenvalue weighted by atomic mass is 10.1. The van der Waals surface area contributed by atoms with E-state index < -0.39 is 0 Å². The number of carbonyl (C=O) groups is 1. The maximum atomic E-state index is 12.4. The second-order valence-corrected chi connectivity index (χ2v) is 5.78. The molecule has 3 rings (SSSR count). The molecule has 1 heterocycles. The van der Waals surface area contributed by atoms with Gasteiger partial charge in [-0.3, -0.25) is 10.1 Å². The van der Waals surface area contributed by atoms with Gasteiger partial charge in [-0.15, -0.1) is 11.3 Å². The Kier molecular flexibility index (Phi) is 4.74. The maximum absolute atomic E-state index is 12.4. The predicted molar refractivity (Wildman–Crippen MR) is 93.4 cm³/mol. The summed E-state index contributed by atoms with van der Waals surface area (Å²) in [5.74, 6) is 0.793. The molecular weight excluding hydrogens is 326 g/mol. The van der Waals surface area contributed by atoms with Gasteiger partial charge in [0, 0.05) is 11.1 Å². The van der Waals surface area contributed by atoms with E-state index in [4.69, 9.17) is 15.6 Å². The van der Waals surface area contributed by atoms with Crippen molar-refractivity contribution in [1.82, 2.24) is 4.98 Å². The molecule has 0 unspecified atom stereocenters. The van der Waals surface area contributed by atoms with Crippen molar-refractivity contribution in [1.29, 1.82) is 0 Å². The van der Waals surface area contributed by atoms with Crippen LogP contribution in [-0.2, 0) is 6.61 Å². The molecule has 24 heavy (non-hydrogen) atoms. The van der Waals surface area contributed by atoms with E-state index in [1.807, 2.05) is 30.3 Å². The molecule has 0 aliphatic carbocycles. The standard InChI is InChI=1S/C17H15N3O3S/c18-15-7-6-13(23-12-4-2-1-3-5-12)8-14(15)16(22)20-17-19-11(9-21)10-24-17/h1-8,10,21H,9,18H2,(H,19,20,22). The lowest BCUT2D eigenvalue weighted by Gasteiger charge is -2.09. The van der Waals surface area contributed by atoms with Crippen molar-refractivity contribution in [2.24, 2.45) is 0 Å². The summed E-state index contributed by atoms with van der Waals surface area (Å²) in [6.07, 6.45) is 0. The minimum atomic E-state index is -0.384. The molecule has 0 fully saturated rings. The van der Waals surface area contributed by atoms with Gasteiger partial charge in [0.1, 0.15) is 11.5 Å². The van der Waals surface area contributed by atoms with Crippen LogP contribution in [0.2, 0.25) is 0 Å².